The van der Waals surface area contributed by atoms with Gasteiger partial charge in [0.25, 0.3) is 0 Å². The molecule has 0 N–H and O–H groups in total. The SMILES string of the molecule is Cc1nn(C2CCCC2)c2nc(Cl)nc(N3CCCC3CO[Si](C)(C)C(C)(C)C)c12. The third-order valence-corrected chi connectivity index (χ3v) is 12.1. The van der Waals surface area contributed by atoms with Gasteiger partial charge in [-0.3, -0.25) is 0 Å². The van der Waals surface area contributed by atoms with Crippen LogP contribution in [0.15, 0.2) is 0 Å². The summed E-state index contributed by atoms with van der Waals surface area (Å²) in [6, 6.07) is 0.749. The molecule has 30 heavy (non-hydrogen) atoms. The maximum absolute atomic E-state index is 6.59. The second kappa shape index (κ2) is 8.06. The molecule has 2 aromatic rings. The molecule has 1 saturated heterocycles. The van der Waals surface area contributed by atoms with Crippen molar-refractivity contribution < 1.29 is 4.43 Å². The minimum absolute atomic E-state index is 0.209. The number of fused-ring (bicyclic) bond motifs is 1. The Morgan fingerprint density at radius 3 is 2.47 bits per heavy atom. The van der Waals surface area contributed by atoms with Crippen LogP contribution in [-0.2, 0) is 4.43 Å². The zero-order valence-corrected chi connectivity index (χ0v) is 21.1. The molecule has 4 rings (SSSR count). The highest BCUT2D eigenvalue weighted by atomic mass is 35.5. The van der Waals surface area contributed by atoms with Gasteiger partial charge in [-0.1, -0.05) is 33.6 Å². The Morgan fingerprint density at radius 2 is 1.80 bits per heavy atom. The zero-order chi connectivity index (χ0) is 21.7. The van der Waals surface area contributed by atoms with Crippen molar-refractivity contribution in [2.24, 2.45) is 0 Å². The van der Waals surface area contributed by atoms with Gasteiger partial charge in [-0.05, 0) is 62.3 Å². The first-order chi connectivity index (χ1) is 14.1. The lowest BCUT2D eigenvalue weighted by Gasteiger charge is -2.38. The smallest absolute Gasteiger partial charge is 0.226 e. The summed E-state index contributed by atoms with van der Waals surface area (Å²) in [5.74, 6) is 0.938. The van der Waals surface area contributed by atoms with E-state index in [2.05, 4.69) is 55.4 Å². The van der Waals surface area contributed by atoms with Crippen molar-refractivity contribution in [2.75, 3.05) is 18.1 Å². The van der Waals surface area contributed by atoms with E-state index in [1.807, 2.05) is 0 Å². The summed E-state index contributed by atoms with van der Waals surface area (Å²) >= 11 is 6.43. The molecular weight excluding hydrogens is 414 g/mol. The summed E-state index contributed by atoms with van der Waals surface area (Å²) in [7, 11) is -1.79. The Kier molecular flexibility index (Phi) is 5.92. The summed E-state index contributed by atoms with van der Waals surface area (Å²) in [4.78, 5) is 11.7. The number of halogens is 1. The van der Waals surface area contributed by atoms with Crippen molar-refractivity contribution >= 4 is 36.8 Å². The number of nitrogens with zero attached hydrogens (tertiary/aromatic N) is 5. The average molecular weight is 450 g/mol. The van der Waals surface area contributed by atoms with Gasteiger partial charge in [-0.25, -0.2) is 4.68 Å². The van der Waals surface area contributed by atoms with Gasteiger partial charge >= 0.3 is 0 Å². The number of aryl methyl sites for hydroxylation is 1. The molecule has 2 aliphatic rings. The molecule has 6 nitrogen and oxygen atoms in total. The van der Waals surface area contributed by atoms with Crippen molar-refractivity contribution in [1.82, 2.24) is 19.7 Å². The molecule has 2 fully saturated rings. The van der Waals surface area contributed by atoms with Gasteiger partial charge in [0.2, 0.25) is 5.28 Å². The van der Waals surface area contributed by atoms with Crippen LogP contribution in [0, 0.1) is 6.92 Å². The highest BCUT2D eigenvalue weighted by molar-refractivity contribution is 6.74. The van der Waals surface area contributed by atoms with Crippen molar-refractivity contribution in [3.8, 4) is 0 Å². The van der Waals surface area contributed by atoms with Gasteiger partial charge in [-0.15, -0.1) is 0 Å². The predicted octanol–water partition coefficient (Wildman–Crippen LogP) is 5.89. The van der Waals surface area contributed by atoms with Crippen LogP contribution in [0.1, 0.15) is 71.0 Å². The van der Waals surface area contributed by atoms with Gasteiger partial charge in [-0.2, -0.15) is 15.1 Å². The average Bonchev–Trinajstić information content (AvgIpc) is 3.38. The number of anilines is 1. The lowest BCUT2D eigenvalue weighted by Crippen LogP contribution is -2.45. The lowest BCUT2D eigenvalue weighted by molar-refractivity contribution is 0.263. The molecule has 3 heterocycles. The summed E-state index contributed by atoms with van der Waals surface area (Å²) in [6.45, 7) is 15.3. The first kappa shape index (κ1) is 22.0. The number of rotatable bonds is 5. The molecule has 0 spiro atoms. The van der Waals surface area contributed by atoms with Gasteiger partial charge in [0.05, 0.1) is 29.8 Å². The van der Waals surface area contributed by atoms with Crippen molar-refractivity contribution in [1.29, 1.82) is 0 Å². The lowest BCUT2D eigenvalue weighted by atomic mass is 10.2. The van der Waals surface area contributed by atoms with E-state index in [4.69, 9.17) is 26.1 Å². The molecule has 0 aromatic carbocycles. The van der Waals surface area contributed by atoms with Crippen LogP contribution < -0.4 is 4.90 Å². The van der Waals surface area contributed by atoms with Crippen LogP contribution in [0.3, 0.4) is 0 Å². The summed E-state index contributed by atoms with van der Waals surface area (Å²) in [5, 5.41) is 6.47. The summed E-state index contributed by atoms with van der Waals surface area (Å²) < 4.78 is 8.71. The van der Waals surface area contributed by atoms with Gasteiger partial charge in [0.1, 0.15) is 5.82 Å². The molecule has 1 unspecified atom stereocenters. The highest BCUT2D eigenvalue weighted by Crippen LogP contribution is 2.39. The number of hydrogen-bond acceptors (Lipinski definition) is 5. The van der Waals surface area contributed by atoms with Crippen LogP contribution in [0.25, 0.3) is 11.0 Å². The fraction of sp³-hybridized carbons (Fsp3) is 0.773. The Morgan fingerprint density at radius 1 is 1.10 bits per heavy atom. The summed E-state index contributed by atoms with van der Waals surface area (Å²) in [6.07, 6.45) is 7.11. The summed E-state index contributed by atoms with van der Waals surface area (Å²) in [5.41, 5.74) is 1.89. The maximum Gasteiger partial charge on any atom is 0.226 e. The highest BCUT2D eigenvalue weighted by Gasteiger charge is 2.39. The zero-order valence-electron chi connectivity index (χ0n) is 19.3. The standard InChI is InChI=1S/C22H36ClN5OSi/c1-15-18-19(24-21(23)25-20(18)28(26-15)16-10-7-8-11-16)27-13-9-12-17(27)14-29-30(5,6)22(2,3)4/h16-17H,7-14H2,1-6H3. The normalized spacial score (nSPS) is 21.3. The second-order valence-electron chi connectivity index (χ2n) is 10.5. The van der Waals surface area contributed by atoms with Gasteiger partial charge < -0.3 is 9.33 Å². The van der Waals surface area contributed by atoms with Gasteiger partial charge in [0.15, 0.2) is 14.0 Å². The van der Waals surface area contributed by atoms with E-state index < -0.39 is 8.32 Å². The molecule has 0 amide bonds. The molecule has 2 aromatic heterocycles. The topological polar surface area (TPSA) is 56.1 Å². The fourth-order valence-corrected chi connectivity index (χ4v) is 5.78. The van der Waals surface area contributed by atoms with E-state index >= 15 is 0 Å². The molecule has 1 aliphatic carbocycles. The first-order valence-electron chi connectivity index (χ1n) is 11.4. The van der Waals surface area contributed by atoms with Crippen LogP contribution >= 0.6 is 11.6 Å². The minimum Gasteiger partial charge on any atom is -0.415 e. The molecule has 8 heteroatoms. The van der Waals surface area contributed by atoms with Crippen molar-refractivity contribution in [2.45, 2.75) is 96.4 Å². The van der Waals surface area contributed by atoms with Crippen LogP contribution in [0.4, 0.5) is 5.82 Å². The molecular formula is C22H36ClN5OSi. The molecule has 1 saturated carbocycles. The first-order valence-corrected chi connectivity index (χ1v) is 14.7. The minimum atomic E-state index is -1.79. The van der Waals surface area contributed by atoms with Gasteiger partial charge in [0, 0.05) is 6.54 Å². The Balaban J connectivity index is 1.66. The fourth-order valence-electron chi connectivity index (χ4n) is 4.58. The molecule has 1 atom stereocenters. The number of hydrogen-bond donors (Lipinski definition) is 0. The largest absolute Gasteiger partial charge is 0.415 e. The third kappa shape index (κ3) is 4.00. The molecule has 0 bridgehead atoms. The van der Waals surface area contributed by atoms with E-state index in [-0.39, 0.29) is 5.04 Å². The molecule has 0 radical (unpaired) electrons. The monoisotopic (exact) mass is 449 g/mol. The van der Waals surface area contributed by atoms with E-state index in [9.17, 15) is 0 Å². The van der Waals surface area contributed by atoms with E-state index in [1.54, 1.807) is 0 Å². The van der Waals surface area contributed by atoms with Crippen molar-refractivity contribution in [3.05, 3.63) is 11.0 Å². The van der Waals surface area contributed by atoms with E-state index in [0.717, 1.165) is 48.5 Å². The Labute approximate surface area is 186 Å². The van der Waals surface area contributed by atoms with Crippen LogP contribution in [0.5, 0.6) is 0 Å². The van der Waals surface area contributed by atoms with Crippen LogP contribution in [0.2, 0.25) is 23.4 Å². The third-order valence-electron chi connectivity index (χ3n) is 7.44. The predicted molar refractivity (Wildman–Crippen MR) is 126 cm³/mol. The Bertz CT molecular complexity index is 916. The second-order valence-corrected chi connectivity index (χ2v) is 15.7. The maximum atomic E-state index is 6.59. The quantitative estimate of drug-likeness (QED) is 0.420. The van der Waals surface area contributed by atoms with E-state index in [0.29, 0.717) is 17.4 Å². The number of aromatic nitrogens is 4. The van der Waals surface area contributed by atoms with E-state index in [1.165, 1.54) is 25.7 Å². The molecule has 166 valence electrons. The molecule has 1 aliphatic heterocycles. The van der Waals surface area contributed by atoms with Crippen molar-refractivity contribution in [3.63, 3.8) is 0 Å². The van der Waals surface area contributed by atoms with Crippen LogP contribution in [-0.4, -0.2) is 47.3 Å². The Hall–Kier alpha value is -1.18.